The fourth-order valence-electron chi connectivity index (χ4n) is 5.37. The summed E-state index contributed by atoms with van der Waals surface area (Å²) in [5.74, 6) is -0.452. The number of esters is 1. The molecule has 0 spiro atoms. The highest BCUT2D eigenvalue weighted by molar-refractivity contribution is 6.84. The van der Waals surface area contributed by atoms with Crippen molar-refractivity contribution in [3.63, 3.8) is 0 Å². The Labute approximate surface area is 221 Å². The second-order valence-corrected chi connectivity index (χ2v) is 19.9. The predicted octanol–water partition coefficient (Wildman–Crippen LogP) is 3.24. The summed E-state index contributed by atoms with van der Waals surface area (Å²) < 4.78 is 39.7. The maximum Gasteiger partial charge on any atom is 0.351 e. The van der Waals surface area contributed by atoms with Crippen LogP contribution in [0.2, 0.25) is 22.2 Å². The van der Waals surface area contributed by atoms with Crippen molar-refractivity contribution < 1.29 is 32.0 Å². The number of nitrogens with zero attached hydrogens (tertiary/aromatic N) is 2. The van der Waals surface area contributed by atoms with Gasteiger partial charge in [0.05, 0.1) is 13.7 Å². The van der Waals surface area contributed by atoms with Gasteiger partial charge in [-0.2, -0.15) is 4.98 Å². The molecule has 4 atom stereocenters. The maximum atomic E-state index is 12.8. The Morgan fingerprint density at radius 3 is 2.22 bits per heavy atom. The van der Waals surface area contributed by atoms with Crippen LogP contribution in [0.25, 0.3) is 0 Å². The van der Waals surface area contributed by atoms with Crippen molar-refractivity contribution in [3.05, 3.63) is 22.7 Å². The van der Waals surface area contributed by atoms with Crippen molar-refractivity contribution in [1.29, 1.82) is 0 Å². The quantitative estimate of drug-likeness (QED) is 0.375. The van der Waals surface area contributed by atoms with Crippen LogP contribution in [0.15, 0.2) is 17.1 Å². The SMILES string of the molecule is COC(=O)CO[C@H]1C2O[Si](C(C)C)(C(C)C)O[Si](C(C)C)(C(C)C)OC[C@H]2O[C@H]1n1ccc(N)nc1=O. The smallest absolute Gasteiger partial charge is 0.351 e. The fraction of sp³-hybridized carbons (Fsp3) is 0.792. The molecule has 0 aromatic carbocycles. The average Bonchev–Trinajstić information content (AvgIpc) is 3.12. The summed E-state index contributed by atoms with van der Waals surface area (Å²) in [5.41, 5.74) is 5.63. The maximum absolute atomic E-state index is 12.8. The first kappa shape index (κ1) is 29.9. The van der Waals surface area contributed by atoms with Crippen LogP contribution in [0.3, 0.4) is 0 Å². The summed E-state index contributed by atoms with van der Waals surface area (Å²) >= 11 is 0. The second kappa shape index (κ2) is 11.6. The Bertz CT molecular complexity index is 986. The van der Waals surface area contributed by atoms with Crippen LogP contribution < -0.4 is 11.4 Å². The number of carbonyl (C=O) groups excluding carboxylic acids is 1. The first-order valence-corrected chi connectivity index (χ1v) is 16.9. The van der Waals surface area contributed by atoms with E-state index < -0.39 is 53.3 Å². The molecule has 11 nitrogen and oxygen atoms in total. The van der Waals surface area contributed by atoms with E-state index in [1.165, 1.54) is 23.9 Å². The van der Waals surface area contributed by atoms with Crippen LogP contribution in [0.5, 0.6) is 0 Å². The number of hydrogen-bond donors (Lipinski definition) is 1. The lowest BCUT2D eigenvalue weighted by Gasteiger charge is -2.51. The monoisotopic (exact) mass is 557 g/mol. The lowest BCUT2D eigenvalue weighted by Crippen LogP contribution is -2.66. The Kier molecular flexibility index (Phi) is 9.41. The molecular weight excluding hydrogens is 514 g/mol. The molecule has 0 radical (unpaired) electrons. The third kappa shape index (κ3) is 5.72. The van der Waals surface area contributed by atoms with Crippen LogP contribution >= 0.6 is 0 Å². The molecule has 0 aliphatic carbocycles. The zero-order valence-corrected chi connectivity index (χ0v) is 25.4. The number of fused-ring (bicyclic) bond motifs is 1. The van der Waals surface area contributed by atoms with Crippen LogP contribution in [-0.4, -0.2) is 71.3 Å². The van der Waals surface area contributed by atoms with Crippen molar-refractivity contribution in [2.45, 2.75) is 102 Å². The van der Waals surface area contributed by atoms with E-state index in [0.717, 1.165) is 0 Å². The van der Waals surface area contributed by atoms with Gasteiger partial charge in [0.25, 0.3) is 0 Å². The molecule has 2 N–H and O–H groups in total. The van der Waals surface area contributed by atoms with Crippen LogP contribution in [0.1, 0.15) is 61.6 Å². The first-order chi connectivity index (χ1) is 17.3. The minimum atomic E-state index is -2.99. The average molecular weight is 558 g/mol. The highest BCUT2D eigenvalue weighted by Gasteiger charge is 2.62. The summed E-state index contributed by atoms with van der Waals surface area (Å²) in [7, 11) is -4.48. The highest BCUT2D eigenvalue weighted by Crippen LogP contribution is 2.48. The van der Waals surface area contributed by atoms with Crippen molar-refractivity contribution in [1.82, 2.24) is 9.55 Å². The third-order valence-corrected chi connectivity index (χ3v) is 17.6. The number of rotatable bonds is 8. The predicted molar refractivity (Wildman–Crippen MR) is 142 cm³/mol. The summed E-state index contributed by atoms with van der Waals surface area (Å²) in [6.07, 6.45) is -1.44. The van der Waals surface area contributed by atoms with Gasteiger partial charge < -0.3 is 32.9 Å². The minimum absolute atomic E-state index is 0.0837. The summed E-state index contributed by atoms with van der Waals surface area (Å²) in [6, 6.07) is 1.51. The van der Waals surface area contributed by atoms with Gasteiger partial charge in [-0.15, -0.1) is 0 Å². The van der Waals surface area contributed by atoms with Crippen LogP contribution in [0.4, 0.5) is 5.82 Å². The molecule has 3 rings (SSSR count). The Morgan fingerprint density at radius 2 is 1.70 bits per heavy atom. The lowest BCUT2D eigenvalue weighted by atomic mass is 10.1. The van der Waals surface area contributed by atoms with E-state index in [-0.39, 0.29) is 41.2 Å². The number of carbonyl (C=O) groups is 1. The standard InChI is InChI=1S/C24H43N3O8Si2/c1-14(2)36(15(3)4)32-12-18-21(34-37(35-36,16(5)6)17(7)8)22(31-13-20(28)30-9)23(33-18)27-11-10-19(25)26-24(27)29/h10-11,14-18,21-23H,12-13H2,1-9H3,(H2,25,26,29)/t18-,21?,22+,23-/m1/s1. The van der Waals surface area contributed by atoms with Gasteiger partial charge in [0, 0.05) is 6.20 Å². The molecule has 210 valence electrons. The van der Waals surface area contributed by atoms with E-state index in [4.69, 9.17) is 32.9 Å². The number of aromatic nitrogens is 2. The molecule has 13 heteroatoms. The Hall–Kier alpha value is -1.62. The molecule has 3 heterocycles. The molecule has 2 saturated heterocycles. The Morgan fingerprint density at radius 1 is 1.11 bits per heavy atom. The number of nitrogens with two attached hydrogens (primary N) is 1. The summed E-state index contributed by atoms with van der Waals surface area (Å²) in [4.78, 5) is 28.7. The molecule has 0 saturated carbocycles. The van der Waals surface area contributed by atoms with Gasteiger partial charge in [0.1, 0.15) is 30.7 Å². The van der Waals surface area contributed by atoms with Gasteiger partial charge in [-0.3, -0.25) is 4.57 Å². The van der Waals surface area contributed by atoms with E-state index in [2.05, 4.69) is 60.4 Å². The molecule has 37 heavy (non-hydrogen) atoms. The molecule has 1 unspecified atom stereocenters. The van der Waals surface area contributed by atoms with Gasteiger partial charge in [0.15, 0.2) is 6.23 Å². The van der Waals surface area contributed by atoms with E-state index in [1.54, 1.807) is 0 Å². The largest absolute Gasteiger partial charge is 0.467 e. The highest BCUT2D eigenvalue weighted by atomic mass is 28.5. The van der Waals surface area contributed by atoms with Gasteiger partial charge >= 0.3 is 28.8 Å². The van der Waals surface area contributed by atoms with Gasteiger partial charge in [0.2, 0.25) is 0 Å². The number of methoxy groups -OCH3 is 1. The minimum Gasteiger partial charge on any atom is -0.467 e. The van der Waals surface area contributed by atoms with Gasteiger partial charge in [-0.05, 0) is 28.2 Å². The molecule has 1 aromatic heterocycles. The van der Waals surface area contributed by atoms with Crippen LogP contribution in [0, 0.1) is 0 Å². The third-order valence-electron chi connectivity index (χ3n) is 7.36. The van der Waals surface area contributed by atoms with E-state index >= 15 is 0 Å². The Balaban J connectivity index is 2.14. The normalized spacial score (nSPS) is 27.4. The first-order valence-electron chi connectivity index (χ1n) is 13.0. The summed E-state index contributed by atoms with van der Waals surface area (Å²) in [6.45, 7) is 16.9. The zero-order chi connectivity index (χ0) is 27.7. The van der Waals surface area contributed by atoms with E-state index in [0.29, 0.717) is 0 Å². The molecule has 0 amide bonds. The number of anilines is 1. The van der Waals surface area contributed by atoms with Crippen molar-refractivity contribution in [2.24, 2.45) is 0 Å². The molecule has 0 bridgehead atoms. The molecule has 2 fully saturated rings. The fourth-order valence-corrected chi connectivity index (χ4v) is 16.6. The molecular formula is C24H43N3O8Si2. The number of ether oxygens (including phenoxy) is 3. The molecule has 1 aromatic rings. The van der Waals surface area contributed by atoms with Crippen LogP contribution in [-0.2, 0) is 32.0 Å². The topological polar surface area (TPSA) is 133 Å². The number of hydrogen-bond acceptors (Lipinski definition) is 10. The van der Waals surface area contributed by atoms with Gasteiger partial charge in [-0.25, -0.2) is 9.59 Å². The van der Waals surface area contributed by atoms with Crippen molar-refractivity contribution in [3.8, 4) is 0 Å². The molecule has 2 aliphatic heterocycles. The summed E-state index contributed by atoms with van der Waals surface area (Å²) in [5, 5.41) is 0. The van der Waals surface area contributed by atoms with Crippen molar-refractivity contribution >= 4 is 28.9 Å². The van der Waals surface area contributed by atoms with E-state index in [9.17, 15) is 9.59 Å². The zero-order valence-electron chi connectivity index (χ0n) is 23.4. The van der Waals surface area contributed by atoms with E-state index in [1.807, 2.05) is 0 Å². The van der Waals surface area contributed by atoms with Gasteiger partial charge in [-0.1, -0.05) is 55.4 Å². The second-order valence-electron chi connectivity index (χ2n) is 11.0. The van der Waals surface area contributed by atoms with Crippen molar-refractivity contribution in [2.75, 3.05) is 26.1 Å². The molecule has 2 aliphatic rings. The number of nitrogen functional groups attached to an aromatic ring is 1. The lowest BCUT2D eigenvalue weighted by molar-refractivity contribution is -0.152.